The maximum absolute atomic E-state index is 13.4. The minimum absolute atomic E-state index is 0.0306. The van der Waals surface area contributed by atoms with Crippen molar-refractivity contribution in [2.75, 3.05) is 12.4 Å². The van der Waals surface area contributed by atoms with Crippen LogP contribution in [0.3, 0.4) is 0 Å². The van der Waals surface area contributed by atoms with Crippen LogP contribution in [0.5, 0.6) is 0 Å². The van der Waals surface area contributed by atoms with E-state index < -0.39 is 18.1 Å². The number of carbonyl (C=O) groups excluding carboxylic acids is 1. The van der Waals surface area contributed by atoms with Crippen LogP contribution in [0.2, 0.25) is 0 Å². The van der Waals surface area contributed by atoms with Crippen LogP contribution in [-0.2, 0) is 11.2 Å². The summed E-state index contributed by atoms with van der Waals surface area (Å²) in [5.74, 6) is -5.23. The largest absolute Gasteiger partial charge is 0.455 e. The Labute approximate surface area is 111 Å². The molecule has 2 N–H and O–H groups in total. The Morgan fingerprint density at radius 2 is 1.90 bits per heavy atom. The average molecular weight is 294 g/mol. The number of hydrogen-bond donors (Lipinski definition) is 2. The minimum atomic E-state index is -5.66. The molecule has 3 nitrogen and oxygen atoms in total. The van der Waals surface area contributed by atoms with E-state index in [0.717, 1.165) is 13.1 Å². The summed E-state index contributed by atoms with van der Waals surface area (Å²) in [5, 5.41) is 4.47. The van der Waals surface area contributed by atoms with Crippen molar-refractivity contribution in [2.24, 2.45) is 0 Å². The van der Waals surface area contributed by atoms with Crippen LogP contribution in [0, 0.1) is 0 Å². The van der Waals surface area contributed by atoms with Gasteiger partial charge in [-0.1, -0.05) is 12.1 Å². The van der Waals surface area contributed by atoms with Gasteiger partial charge in [0.25, 0.3) is 0 Å². The smallest absolute Gasteiger partial charge is 0.326 e. The first-order chi connectivity index (χ1) is 9.16. The molecule has 0 saturated heterocycles. The van der Waals surface area contributed by atoms with E-state index in [1.165, 1.54) is 12.1 Å². The van der Waals surface area contributed by atoms with E-state index in [4.69, 9.17) is 0 Å². The first-order valence-corrected chi connectivity index (χ1v) is 5.71. The number of benzene rings is 1. The normalized spacial score (nSPS) is 16.8. The molecule has 1 aromatic rings. The van der Waals surface area contributed by atoms with Gasteiger partial charge in [0.05, 0.1) is 6.42 Å². The summed E-state index contributed by atoms with van der Waals surface area (Å²) in [7, 11) is 1.03. The maximum Gasteiger partial charge on any atom is 0.455 e. The summed E-state index contributed by atoms with van der Waals surface area (Å²) < 4.78 is 64.2. The SMILES string of the molecule is CNC(c1ccc2c(c1)CC(=O)N2)C(F)(F)C(F)(F)F. The zero-order chi connectivity index (χ0) is 15.1. The third-order valence-electron chi connectivity index (χ3n) is 3.12. The van der Waals surface area contributed by atoms with Crippen molar-refractivity contribution in [1.82, 2.24) is 5.32 Å². The summed E-state index contributed by atoms with van der Waals surface area (Å²) in [5.41, 5.74) is 0.625. The molecular weight excluding hydrogens is 283 g/mol. The van der Waals surface area contributed by atoms with Gasteiger partial charge in [0.2, 0.25) is 5.91 Å². The van der Waals surface area contributed by atoms with Crippen molar-refractivity contribution in [3.8, 4) is 0 Å². The zero-order valence-electron chi connectivity index (χ0n) is 10.3. The monoisotopic (exact) mass is 294 g/mol. The summed E-state index contributed by atoms with van der Waals surface area (Å²) in [6.45, 7) is 0. The van der Waals surface area contributed by atoms with E-state index in [1.807, 2.05) is 5.32 Å². The lowest BCUT2D eigenvalue weighted by Crippen LogP contribution is -2.47. The summed E-state index contributed by atoms with van der Waals surface area (Å²) in [6, 6.07) is 1.45. The Kier molecular flexibility index (Phi) is 3.45. The molecule has 20 heavy (non-hydrogen) atoms. The highest BCUT2D eigenvalue weighted by molar-refractivity contribution is 5.99. The van der Waals surface area contributed by atoms with Gasteiger partial charge in [-0.15, -0.1) is 0 Å². The first kappa shape index (κ1) is 14.7. The number of fused-ring (bicyclic) bond motifs is 1. The van der Waals surface area contributed by atoms with Gasteiger partial charge < -0.3 is 10.6 Å². The highest BCUT2D eigenvalue weighted by atomic mass is 19.4. The van der Waals surface area contributed by atoms with Crippen molar-refractivity contribution in [2.45, 2.75) is 24.6 Å². The first-order valence-electron chi connectivity index (χ1n) is 5.71. The zero-order valence-corrected chi connectivity index (χ0v) is 10.3. The van der Waals surface area contributed by atoms with Gasteiger partial charge in [0.1, 0.15) is 6.04 Å². The second kappa shape index (κ2) is 4.69. The van der Waals surface area contributed by atoms with E-state index in [-0.39, 0.29) is 17.9 Å². The molecule has 2 rings (SSSR count). The Morgan fingerprint density at radius 3 is 2.45 bits per heavy atom. The Hall–Kier alpha value is -1.70. The predicted molar refractivity (Wildman–Crippen MR) is 61.6 cm³/mol. The molecular formula is C12H11F5N2O. The van der Waals surface area contributed by atoms with E-state index >= 15 is 0 Å². The molecule has 0 spiro atoms. The van der Waals surface area contributed by atoms with Crippen LogP contribution in [0.15, 0.2) is 18.2 Å². The number of nitrogens with one attached hydrogen (secondary N) is 2. The van der Waals surface area contributed by atoms with Gasteiger partial charge in [-0.25, -0.2) is 0 Å². The molecule has 1 heterocycles. The van der Waals surface area contributed by atoms with Gasteiger partial charge in [-0.05, 0) is 24.2 Å². The highest BCUT2D eigenvalue weighted by Gasteiger charge is 2.62. The van der Waals surface area contributed by atoms with E-state index in [2.05, 4.69) is 5.32 Å². The van der Waals surface area contributed by atoms with Crippen molar-refractivity contribution in [3.63, 3.8) is 0 Å². The van der Waals surface area contributed by atoms with Crippen molar-refractivity contribution < 1.29 is 26.7 Å². The number of halogens is 5. The predicted octanol–water partition coefficient (Wildman–Crippen LogP) is 2.64. The lowest BCUT2D eigenvalue weighted by atomic mass is 9.97. The number of anilines is 1. The molecule has 0 aliphatic carbocycles. The molecule has 1 atom stereocenters. The van der Waals surface area contributed by atoms with Crippen molar-refractivity contribution in [1.29, 1.82) is 0 Å². The van der Waals surface area contributed by atoms with Crippen LogP contribution < -0.4 is 10.6 Å². The van der Waals surface area contributed by atoms with Gasteiger partial charge >= 0.3 is 12.1 Å². The van der Waals surface area contributed by atoms with E-state index in [1.54, 1.807) is 0 Å². The molecule has 0 fully saturated rings. The average Bonchev–Trinajstić information content (AvgIpc) is 2.67. The fourth-order valence-corrected chi connectivity index (χ4v) is 2.15. The Bertz CT molecular complexity index is 541. The number of hydrogen-bond acceptors (Lipinski definition) is 2. The van der Waals surface area contributed by atoms with Gasteiger partial charge in [-0.2, -0.15) is 22.0 Å². The lowest BCUT2D eigenvalue weighted by molar-refractivity contribution is -0.293. The molecule has 0 aromatic heterocycles. The molecule has 0 saturated carbocycles. The van der Waals surface area contributed by atoms with Crippen LogP contribution in [0.1, 0.15) is 17.2 Å². The molecule has 1 aliphatic heterocycles. The Balaban J connectivity index is 2.39. The van der Waals surface area contributed by atoms with Crippen molar-refractivity contribution >= 4 is 11.6 Å². The fourth-order valence-electron chi connectivity index (χ4n) is 2.15. The summed E-state index contributed by atoms with van der Waals surface area (Å²) in [6.07, 6.45) is -5.69. The Morgan fingerprint density at radius 1 is 1.25 bits per heavy atom. The number of rotatable bonds is 3. The van der Waals surface area contributed by atoms with Crippen LogP contribution >= 0.6 is 0 Å². The van der Waals surface area contributed by atoms with E-state index in [0.29, 0.717) is 11.3 Å². The van der Waals surface area contributed by atoms with Crippen LogP contribution in [0.4, 0.5) is 27.6 Å². The molecule has 1 amide bonds. The van der Waals surface area contributed by atoms with Crippen molar-refractivity contribution in [3.05, 3.63) is 29.3 Å². The van der Waals surface area contributed by atoms with Crippen LogP contribution in [-0.4, -0.2) is 25.1 Å². The van der Waals surface area contributed by atoms with Gasteiger partial charge in [-0.3, -0.25) is 4.79 Å². The quantitative estimate of drug-likeness (QED) is 0.841. The topological polar surface area (TPSA) is 41.1 Å². The third kappa shape index (κ3) is 2.35. The summed E-state index contributed by atoms with van der Waals surface area (Å²) in [4.78, 5) is 11.2. The lowest BCUT2D eigenvalue weighted by Gasteiger charge is -2.28. The second-order valence-corrected chi connectivity index (χ2v) is 4.48. The molecule has 1 aliphatic rings. The number of carbonyl (C=O) groups is 1. The highest BCUT2D eigenvalue weighted by Crippen LogP contribution is 2.44. The third-order valence-corrected chi connectivity index (χ3v) is 3.12. The van der Waals surface area contributed by atoms with E-state index in [9.17, 15) is 26.7 Å². The number of alkyl halides is 5. The molecule has 110 valence electrons. The second-order valence-electron chi connectivity index (χ2n) is 4.48. The molecule has 8 heteroatoms. The van der Waals surface area contributed by atoms with Crippen LogP contribution in [0.25, 0.3) is 0 Å². The number of amides is 1. The fraction of sp³-hybridized carbons (Fsp3) is 0.417. The summed E-state index contributed by atoms with van der Waals surface area (Å²) >= 11 is 0. The standard InChI is InChI=1S/C12H11F5N2O/c1-18-10(11(13,14)12(15,16)17)6-2-3-8-7(4-6)5-9(20)19-8/h2-4,10,18H,5H2,1H3,(H,19,20). The minimum Gasteiger partial charge on any atom is -0.326 e. The molecule has 0 bridgehead atoms. The van der Waals surface area contributed by atoms with Gasteiger partial charge in [0.15, 0.2) is 0 Å². The molecule has 1 unspecified atom stereocenters. The maximum atomic E-state index is 13.4. The molecule has 0 radical (unpaired) electrons. The van der Waals surface area contributed by atoms with Gasteiger partial charge in [0, 0.05) is 5.69 Å². The molecule has 1 aromatic carbocycles.